The average molecular weight is 441 g/mol. The van der Waals surface area contributed by atoms with E-state index in [9.17, 15) is 10.1 Å². The Labute approximate surface area is 194 Å². The van der Waals surface area contributed by atoms with Gasteiger partial charge in [-0.1, -0.05) is 54.6 Å². The summed E-state index contributed by atoms with van der Waals surface area (Å²) < 4.78 is 5.56. The number of carbonyl (C=O) groups is 1. The van der Waals surface area contributed by atoms with Gasteiger partial charge in [0.2, 0.25) is 0 Å². The van der Waals surface area contributed by atoms with Crippen molar-refractivity contribution in [3.63, 3.8) is 0 Å². The molecule has 1 saturated heterocycles. The van der Waals surface area contributed by atoms with Crippen molar-refractivity contribution in [2.24, 2.45) is 5.73 Å². The van der Waals surface area contributed by atoms with E-state index in [0.29, 0.717) is 56.1 Å². The van der Waals surface area contributed by atoms with Crippen LogP contribution in [0.25, 0.3) is 0 Å². The number of ketones is 1. The van der Waals surface area contributed by atoms with Crippen LogP contribution in [0, 0.1) is 18.3 Å². The summed E-state index contributed by atoms with van der Waals surface area (Å²) in [5.74, 6) is 0.160. The second kappa shape index (κ2) is 8.86. The summed E-state index contributed by atoms with van der Waals surface area (Å²) in [6.45, 7) is 4.52. The molecule has 0 saturated carbocycles. The Kier molecular flexibility index (Phi) is 5.76. The predicted molar refractivity (Wildman–Crippen MR) is 125 cm³/mol. The third kappa shape index (κ3) is 3.74. The Balaban J connectivity index is 1.69. The lowest BCUT2D eigenvalue weighted by Gasteiger charge is -2.47. The number of nitrogens with zero attached hydrogens (tertiary/aromatic N) is 3. The molecule has 168 valence electrons. The summed E-state index contributed by atoms with van der Waals surface area (Å²) in [5, 5.41) is 14.3. The lowest BCUT2D eigenvalue weighted by Crippen LogP contribution is -2.52. The first kappa shape index (κ1) is 21.4. The van der Waals surface area contributed by atoms with Crippen LogP contribution in [0.4, 0.5) is 0 Å². The molecule has 2 aromatic rings. The largest absolute Gasteiger partial charge is 0.383 e. The van der Waals surface area contributed by atoms with Crippen LogP contribution in [-0.2, 0) is 9.53 Å². The predicted octanol–water partition coefficient (Wildman–Crippen LogP) is 3.74. The van der Waals surface area contributed by atoms with Gasteiger partial charge in [-0.25, -0.2) is 5.01 Å². The van der Waals surface area contributed by atoms with Gasteiger partial charge in [-0.15, -0.1) is 0 Å². The van der Waals surface area contributed by atoms with Crippen molar-refractivity contribution in [2.75, 3.05) is 26.3 Å². The molecule has 2 unspecified atom stereocenters. The molecule has 2 atom stereocenters. The van der Waals surface area contributed by atoms with Crippen molar-refractivity contribution in [2.45, 2.75) is 31.6 Å². The number of hydrogen-bond acceptors (Lipinski definition) is 6. The summed E-state index contributed by atoms with van der Waals surface area (Å²) in [7, 11) is 0. The number of morpholine rings is 1. The first-order valence-electron chi connectivity index (χ1n) is 11.5. The van der Waals surface area contributed by atoms with Crippen molar-refractivity contribution in [1.82, 2.24) is 10.0 Å². The number of Topliss-reactive ketones (excluding diaryl/α,β-unsaturated/α-hetero) is 1. The van der Waals surface area contributed by atoms with Crippen molar-refractivity contribution in [3.8, 4) is 6.07 Å². The number of hydrazine groups is 1. The number of ether oxygens (including phenoxy) is 1. The maximum absolute atomic E-state index is 13.8. The third-order valence-electron chi connectivity index (χ3n) is 6.98. The lowest BCUT2D eigenvalue weighted by atomic mass is 9.71. The lowest BCUT2D eigenvalue weighted by molar-refractivity contribution is -0.117. The van der Waals surface area contributed by atoms with Gasteiger partial charge in [0.1, 0.15) is 5.82 Å². The van der Waals surface area contributed by atoms with Gasteiger partial charge in [-0.05, 0) is 36.0 Å². The van der Waals surface area contributed by atoms with E-state index in [2.05, 4.69) is 23.2 Å². The number of hydrogen-bond donors (Lipinski definition) is 1. The Morgan fingerprint density at radius 1 is 1.03 bits per heavy atom. The minimum Gasteiger partial charge on any atom is -0.383 e. The maximum Gasteiger partial charge on any atom is 0.162 e. The smallest absolute Gasteiger partial charge is 0.162 e. The summed E-state index contributed by atoms with van der Waals surface area (Å²) >= 11 is 0. The number of nitriles is 1. The molecule has 2 aromatic carbocycles. The second-order valence-electron chi connectivity index (χ2n) is 8.88. The molecule has 2 N–H and O–H groups in total. The monoisotopic (exact) mass is 440 g/mol. The van der Waals surface area contributed by atoms with Crippen molar-refractivity contribution in [3.05, 3.63) is 94.0 Å². The van der Waals surface area contributed by atoms with Gasteiger partial charge in [0.25, 0.3) is 0 Å². The molecule has 2 aliphatic heterocycles. The van der Waals surface area contributed by atoms with Gasteiger partial charge in [0.05, 0.1) is 30.8 Å². The van der Waals surface area contributed by atoms with Crippen LogP contribution in [0.3, 0.4) is 0 Å². The minimum atomic E-state index is -0.437. The molecular weight excluding hydrogens is 412 g/mol. The molecule has 1 fully saturated rings. The fourth-order valence-electron chi connectivity index (χ4n) is 5.37. The normalized spacial score (nSPS) is 24.0. The van der Waals surface area contributed by atoms with E-state index >= 15 is 0 Å². The summed E-state index contributed by atoms with van der Waals surface area (Å²) in [4.78, 5) is 13.8. The Morgan fingerprint density at radius 3 is 2.42 bits per heavy atom. The van der Waals surface area contributed by atoms with Gasteiger partial charge in [0, 0.05) is 30.8 Å². The summed E-state index contributed by atoms with van der Waals surface area (Å²) in [6, 6.07) is 20.5. The molecule has 1 aliphatic carbocycles. The fraction of sp³-hybridized carbons (Fsp3) is 0.333. The molecule has 0 bridgehead atoms. The Bertz CT molecular complexity index is 1170. The number of rotatable bonds is 3. The van der Waals surface area contributed by atoms with Crippen LogP contribution >= 0.6 is 0 Å². The van der Waals surface area contributed by atoms with Crippen LogP contribution in [0.2, 0.25) is 0 Å². The first-order valence-corrected chi connectivity index (χ1v) is 11.5. The number of benzene rings is 2. The molecule has 0 radical (unpaired) electrons. The molecule has 0 aromatic heterocycles. The van der Waals surface area contributed by atoms with Gasteiger partial charge in [0.15, 0.2) is 5.78 Å². The SMILES string of the molecule is Cc1ccccc1C1C(C#N)=C(N)N(N2CCOCC2)C2=C1C(=O)CC(c1ccccc1)C2. The molecular formula is C27H28N4O2. The minimum absolute atomic E-state index is 0.0787. The van der Waals surface area contributed by atoms with Crippen LogP contribution in [-0.4, -0.2) is 42.1 Å². The van der Waals surface area contributed by atoms with Gasteiger partial charge >= 0.3 is 0 Å². The third-order valence-corrected chi connectivity index (χ3v) is 6.98. The van der Waals surface area contributed by atoms with E-state index in [4.69, 9.17) is 10.5 Å². The summed E-state index contributed by atoms with van der Waals surface area (Å²) in [5.41, 5.74) is 12.0. The van der Waals surface area contributed by atoms with Gasteiger partial charge in [-0.3, -0.25) is 9.80 Å². The maximum atomic E-state index is 13.8. The topological polar surface area (TPSA) is 82.6 Å². The molecule has 0 amide bonds. The molecule has 6 heteroatoms. The van der Waals surface area contributed by atoms with Crippen molar-refractivity contribution < 1.29 is 9.53 Å². The van der Waals surface area contributed by atoms with Crippen LogP contribution in [0.5, 0.6) is 0 Å². The highest BCUT2D eigenvalue weighted by atomic mass is 16.5. The second-order valence-corrected chi connectivity index (χ2v) is 8.88. The number of aryl methyl sites for hydroxylation is 1. The van der Waals surface area contributed by atoms with Gasteiger partial charge < -0.3 is 10.5 Å². The van der Waals surface area contributed by atoms with Gasteiger partial charge in [-0.2, -0.15) is 5.26 Å². The average Bonchev–Trinajstić information content (AvgIpc) is 2.85. The Hall–Kier alpha value is -3.40. The zero-order chi connectivity index (χ0) is 22.9. The Morgan fingerprint density at radius 2 is 1.73 bits per heavy atom. The highest BCUT2D eigenvalue weighted by molar-refractivity contribution is 6.00. The molecule has 2 heterocycles. The zero-order valence-corrected chi connectivity index (χ0v) is 18.8. The highest BCUT2D eigenvalue weighted by Crippen LogP contribution is 2.48. The van der Waals surface area contributed by atoms with E-state index in [0.717, 1.165) is 22.4 Å². The van der Waals surface area contributed by atoms with E-state index in [1.807, 2.05) is 54.4 Å². The molecule has 0 spiro atoms. The first-order chi connectivity index (χ1) is 16.1. The van der Waals surface area contributed by atoms with E-state index in [-0.39, 0.29) is 11.7 Å². The summed E-state index contributed by atoms with van der Waals surface area (Å²) in [6.07, 6.45) is 1.13. The van der Waals surface area contributed by atoms with Crippen LogP contribution in [0.1, 0.15) is 41.4 Å². The van der Waals surface area contributed by atoms with Crippen LogP contribution in [0.15, 0.2) is 77.3 Å². The van der Waals surface area contributed by atoms with Crippen molar-refractivity contribution in [1.29, 1.82) is 5.26 Å². The molecule has 5 rings (SSSR count). The van der Waals surface area contributed by atoms with E-state index < -0.39 is 5.92 Å². The quantitative estimate of drug-likeness (QED) is 0.783. The van der Waals surface area contributed by atoms with Crippen LogP contribution < -0.4 is 5.73 Å². The fourth-order valence-corrected chi connectivity index (χ4v) is 5.37. The highest BCUT2D eigenvalue weighted by Gasteiger charge is 2.44. The molecule has 6 nitrogen and oxygen atoms in total. The molecule has 33 heavy (non-hydrogen) atoms. The number of allylic oxidation sites excluding steroid dienone is 3. The van der Waals surface area contributed by atoms with Crippen molar-refractivity contribution >= 4 is 5.78 Å². The number of carbonyl (C=O) groups excluding carboxylic acids is 1. The molecule has 3 aliphatic rings. The number of nitrogens with two attached hydrogens (primary N) is 1. The van der Waals surface area contributed by atoms with E-state index in [1.54, 1.807) is 0 Å². The standard InChI is InChI=1S/C27H28N4O2/c1-18-7-5-6-10-21(18)25-22(17-28)27(29)31(30-11-13-33-14-12-30)23-15-20(16-24(32)26(23)25)19-8-3-2-4-9-19/h2-10,20,25H,11-16,29H2,1H3. The zero-order valence-electron chi connectivity index (χ0n) is 18.8. The van der Waals surface area contributed by atoms with E-state index in [1.165, 1.54) is 0 Å².